The molecule has 0 atom stereocenters. The minimum absolute atomic E-state index is 0. The number of fused-ring (bicyclic) bond motifs is 1. The Morgan fingerprint density at radius 2 is 0.941 bits per heavy atom. The zero-order chi connectivity index (χ0) is 23.1. The number of benzene rings is 3. The Bertz CT molecular complexity index is 929. The van der Waals surface area contributed by atoms with Crippen LogP contribution in [0.1, 0.15) is 91.9 Å². The summed E-state index contributed by atoms with van der Waals surface area (Å²) in [6.07, 6.45) is 14.2. The van der Waals surface area contributed by atoms with Crippen LogP contribution in [0.4, 0.5) is 0 Å². The van der Waals surface area contributed by atoms with Gasteiger partial charge < -0.3 is 9.47 Å². The summed E-state index contributed by atoms with van der Waals surface area (Å²) in [5, 5.41) is 2.47. The lowest BCUT2D eigenvalue weighted by atomic mass is 10.0. The average Bonchev–Trinajstić information content (AvgIpc) is 2.85. The topological polar surface area (TPSA) is 18.5 Å². The van der Waals surface area contributed by atoms with Crippen molar-refractivity contribution in [3.05, 3.63) is 60.7 Å². The molecule has 0 N–H and O–H groups in total. The number of rotatable bonds is 16. The van der Waals surface area contributed by atoms with Crippen LogP contribution in [0.25, 0.3) is 21.9 Å². The molecule has 3 aromatic rings. The van der Waals surface area contributed by atoms with Crippen LogP contribution in [-0.2, 0) is 0 Å². The maximum Gasteiger partial charge on any atom is 0.119 e. The Labute approximate surface area is 208 Å². The molecule has 0 amide bonds. The summed E-state index contributed by atoms with van der Waals surface area (Å²) in [4.78, 5) is 0. The molecular formula is C32H46O2. The van der Waals surface area contributed by atoms with Crippen molar-refractivity contribution in [2.75, 3.05) is 13.2 Å². The maximum absolute atomic E-state index is 6.02. The van der Waals surface area contributed by atoms with Gasteiger partial charge in [-0.15, -0.1) is 0 Å². The number of hydrogen-bond acceptors (Lipinski definition) is 2. The highest BCUT2D eigenvalue weighted by atomic mass is 16.5. The second kappa shape index (κ2) is 16.2. The van der Waals surface area contributed by atoms with E-state index in [9.17, 15) is 0 Å². The maximum atomic E-state index is 6.02. The Morgan fingerprint density at radius 3 is 1.65 bits per heavy atom. The summed E-state index contributed by atoms with van der Waals surface area (Å²) >= 11 is 0. The highest BCUT2D eigenvalue weighted by molar-refractivity contribution is 5.88. The number of hydrogen-bond donors (Lipinski definition) is 0. The fourth-order valence-corrected chi connectivity index (χ4v) is 4.20. The molecule has 2 heteroatoms. The van der Waals surface area contributed by atoms with E-state index in [1.54, 1.807) is 0 Å². The van der Waals surface area contributed by atoms with E-state index in [0.717, 1.165) is 37.6 Å². The molecule has 0 fully saturated rings. The molecule has 0 aliphatic heterocycles. The van der Waals surface area contributed by atoms with Crippen molar-refractivity contribution in [3.63, 3.8) is 0 Å². The van der Waals surface area contributed by atoms with Crippen LogP contribution in [0, 0.1) is 0 Å². The third-order valence-electron chi connectivity index (χ3n) is 6.28. The monoisotopic (exact) mass is 462 g/mol. The number of ether oxygens (including phenoxy) is 2. The van der Waals surface area contributed by atoms with Gasteiger partial charge in [-0.1, -0.05) is 109 Å². The van der Waals surface area contributed by atoms with Crippen molar-refractivity contribution >= 4 is 10.8 Å². The quantitative estimate of drug-likeness (QED) is 0.197. The summed E-state index contributed by atoms with van der Waals surface area (Å²) in [6, 6.07) is 21.5. The Kier molecular flexibility index (Phi) is 13.2. The van der Waals surface area contributed by atoms with Crippen LogP contribution in [0.5, 0.6) is 11.5 Å². The summed E-state index contributed by atoms with van der Waals surface area (Å²) < 4.78 is 11.9. The van der Waals surface area contributed by atoms with Gasteiger partial charge in [0.2, 0.25) is 0 Å². The molecule has 2 nitrogen and oxygen atoms in total. The second-order valence-corrected chi connectivity index (χ2v) is 9.13. The van der Waals surface area contributed by atoms with E-state index in [-0.39, 0.29) is 7.43 Å². The molecule has 3 rings (SSSR count). The first-order valence-corrected chi connectivity index (χ1v) is 13.2. The van der Waals surface area contributed by atoms with Crippen LogP contribution < -0.4 is 9.47 Å². The summed E-state index contributed by atoms with van der Waals surface area (Å²) in [5.74, 6) is 1.93. The first-order valence-electron chi connectivity index (χ1n) is 13.2. The van der Waals surface area contributed by atoms with Gasteiger partial charge in [-0.25, -0.2) is 0 Å². The predicted molar refractivity (Wildman–Crippen MR) is 149 cm³/mol. The smallest absolute Gasteiger partial charge is 0.119 e. The highest BCUT2D eigenvalue weighted by Crippen LogP contribution is 2.28. The molecule has 0 bridgehead atoms. The average molecular weight is 463 g/mol. The minimum atomic E-state index is 0. The third-order valence-corrected chi connectivity index (χ3v) is 6.28. The van der Waals surface area contributed by atoms with Gasteiger partial charge in [-0.05, 0) is 65.1 Å². The van der Waals surface area contributed by atoms with E-state index in [2.05, 4.69) is 74.5 Å². The van der Waals surface area contributed by atoms with Gasteiger partial charge in [0.15, 0.2) is 0 Å². The van der Waals surface area contributed by atoms with Crippen LogP contribution in [0.3, 0.4) is 0 Å². The van der Waals surface area contributed by atoms with Gasteiger partial charge >= 0.3 is 0 Å². The normalized spacial score (nSPS) is 10.8. The predicted octanol–water partition coefficient (Wildman–Crippen LogP) is 10.2. The third kappa shape index (κ3) is 9.41. The molecule has 0 saturated carbocycles. The Morgan fingerprint density at radius 1 is 0.471 bits per heavy atom. The van der Waals surface area contributed by atoms with Gasteiger partial charge in [0.1, 0.15) is 11.5 Å². The lowest BCUT2D eigenvalue weighted by Gasteiger charge is -2.10. The molecule has 0 aliphatic rings. The molecular weight excluding hydrogens is 416 g/mol. The van der Waals surface area contributed by atoms with E-state index in [4.69, 9.17) is 9.47 Å². The number of unbranched alkanes of at least 4 members (excludes halogenated alkanes) is 9. The molecule has 0 radical (unpaired) electrons. The molecule has 34 heavy (non-hydrogen) atoms. The van der Waals surface area contributed by atoms with Gasteiger partial charge in [-0.3, -0.25) is 0 Å². The van der Waals surface area contributed by atoms with Crippen molar-refractivity contribution in [1.29, 1.82) is 0 Å². The fourth-order valence-electron chi connectivity index (χ4n) is 4.20. The van der Waals surface area contributed by atoms with Crippen LogP contribution in [0.2, 0.25) is 0 Å². The standard InChI is InChI=1S/C31H42O2.CH4/c1-3-5-7-8-9-10-11-13-23-33-31-21-18-28-24-27(14-15-29(28)25-31)26-16-19-30(20-17-26)32-22-12-6-4-2;/h14-21,24-25H,3-13,22-23H2,1-2H3;1H4. The molecule has 0 heterocycles. The van der Waals surface area contributed by atoms with E-state index in [1.165, 1.54) is 79.7 Å². The van der Waals surface area contributed by atoms with Crippen molar-refractivity contribution in [1.82, 2.24) is 0 Å². The molecule has 0 spiro atoms. The first-order chi connectivity index (χ1) is 16.3. The zero-order valence-electron chi connectivity index (χ0n) is 20.8. The molecule has 0 saturated heterocycles. The SMILES string of the molecule is C.CCCCCCCCCCOc1ccc2cc(-c3ccc(OCCCCC)cc3)ccc2c1. The lowest BCUT2D eigenvalue weighted by Crippen LogP contribution is -1.97. The molecule has 0 aromatic heterocycles. The Balaban J connectivity index is 0.00000408. The van der Waals surface area contributed by atoms with Gasteiger partial charge in [0, 0.05) is 0 Å². The van der Waals surface area contributed by atoms with Crippen LogP contribution in [0.15, 0.2) is 60.7 Å². The van der Waals surface area contributed by atoms with Crippen LogP contribution in [-0.4, -0.2) is 13.2 Å². The first kappa shape index (κ1) is 27.8. The van der Waals surface area contributed by atoms with E-state index in [0.29, 0.717) is 0 Å². The molecule has 3 aromatic carbocycles. The Hall–Kier alpha value is -2.48. The molecule has 0 unspecified atom stereocenters. The summed E-state index contributed by atoms with van der Waals surface area (Å²) in [5.41, 5.74) is 2.44. The second-order valence-electron chi connectivity index (χ2n) is 9.13. The van der Waals surface area contributed by atoms with Crippen molar-refractivity contribution in [2.45, 2.75) is 91.9 Å². The zero-order valence-corrected chi connectivity index (χ0v) is 20.8. The largest absolute Gasteiger partial charge is 0.494 e. The summed E-state index contributed by atoms with van der Waals surface area (Å²) in [6.45, 7) is 6.09. The van der Waals surface area contributed by atoms with Gasteiger partial charge in [0.25, 0.3) is 0 Å². The minimum Gasteiger partial charge on any atom is -0.494 e. The van der Waals surface area contributed by atoms with E-state index in [1.807, 2.05) is 0 Å². The highest BCUT2D eigenvalue weighted by Gasteiger charge is 2.03. The van der Waals surface area contributed by atoms with Crippen molar-refractivity contribution < 1.29 is 9.47 Å². The fraction of sp³-hybridized carbons (Fsp3) is 0.500. The van der Waals surface area contributed by atoms with Crippen LogP contribution >= 0.6 is 0 Å². The molecule has 0 aliphatic carbocycles. The molecule has 186 valence electrons. The van der Waals surface area contributed by atoms with E-state index < -0.39 is 0 Å². The summed E-state index contributed by atoms with van der Waals surface area (Å²) in [7, 11) is 0. The van der Waals surface area contributed by atoms with E-state index >= 15 is 0 Å². The van der Waals surface area contributed by atoms with Gasteiger partial charge in [0.05, 0.1) is 13.2 Å². The lowest BCUT2D eigenvalue weighted by molar-refractivity contribution is 0.304. The van der Waals surface area contributed by atoms with Crippen molar-refractivity contribution in [2.24, 2.45) is 0 Å². The van der Waals surface area contributed by atoms with Gasteiger partial charge in [-0.2, -0.15) is 0 Å². The van der Waals surface area contributed by atoms with Crippen molar-refractivity contribution in [3.8, 4) is 22.6 Å².